The van der Waals surface area contributed by atoms with Crippen LogP contribution < -0.4 is 0 Å². The molecule has 138 valence electrons. The number of hydrogen-bond donors (Lipinski definition) is 0. The molecule has 4 rings (SSSR count). The third kappa shape index (κ3) is 2.65. The lowest BCUT2D eigenvalue weighted by Crippen LogP contribution is -2.39. The molecule has 0 bridgehead atoms. The molecule has 0 spiro atoms. The van der Waals surface area contributed by atoms with Crippen LogP contribution in [0.4, 0.5) is 4.39 Å². The van der Waals surface area contributed by atoms with E-state index in [1.165, 1.54) is 6.07 Å². The van der Waals surface area contributed by atoms with Gasteiger partial charge < -0.3 is 9.64 Å². The van der Waals surface area contributed by atoms with Crippen LogP contribution >= 0.6 is 0 Å². The summed E-state index contributed by atoms with van der Waals surface area (Å²) in [5.74, 6) is -0.701. The summed E-state index contributed by atoms with van der Waals surface area (Å²) >= 11 is 0. The minimum absolute atomic E-state index is 0.0171. The molecule has 3 aliphatic rings. The fourth-order valence-electron chi connectivity index (χ4n) is 4.47. The Morgan fingerprint density at radius 1 is 1.19 bits per heavy atom. The normalized spacial score (nSPS) is 28.1. The van der Waals surface area contributed by atoms with E-state index < -0.39 is 6.04 Å². The van der Waals surface area contributed by atoms with E-state index in [1.54, 1.807) is 23.1 Å². The van der Waals surface area contributed by atoms with Gasteiger partial charge in [0.25, 0.3) is 5.91 Å². The molecule has 3 atom stereocenters. The molecular formula is C21H24FNO3. The summed E-state index contributed by atoms with van der Waals surface area (Å²) in [6.45, 7) is 2.54. The van der Waals surface area contributed by atoms with Crippen LogP contribution in [0.3, 0.4) is 0 Å². The van der Waals surface area contributed by atoms with E-state index in [-0.39, 0.29) is 35.3 Å². The van der Waals surface area contributed by atoms with E-state index in [2.05, 4.69) is 0 Å². The second-order valence-electron chi connectivity index (χ2n) is 7.43. The maximum atomic E-state index is 14.6. The number of amides is 1. The molecule has 26 heavy (non-hydrogen) atoms. The summed E-state index contributed by atoms with van der Waals surface area (Å²) in [4.78, 5) is 27.9. The highest BCUT2D eigenvalue weighted by molar-refractivity contribution is 6.11. The van der Waals surface area contributed by atoms with E-state index in [4.69, 9.17) is 4.74 Å². The zero-order valence-corrected chi connectivity index (χ0v) is 15.0. The number of ether oxygens (including phenoxy) is 1. The minimum atomic E-state index is -0.666. The van der Waals surface area contributed by atoms with Gasteiger partial charge in [0, 0.05) is 12.1 Å². The molecule has 0 radical (unpaired) electrons. The van der Waals surface area contributed by atoms with Crippen molar-refractivity contribution in [3.63, 3.8) is 0 Å². The minimum Gasteiger partial charge on any atom is -0.483 e. The van der Waals surface area contributed by atoms with E-state index in [1.807, 2.05) is 6.92 Å². The van der Waals surface area contributed by atoms with Crippen LogP contribution in [-0.2, 0) is 14.3 Å². The van der Waals surface area contributed by atoms with Crippen molar-refractivity contribution in [1.29, 1.82) is 0 Å². The molecule has 1 aromatic carbocycles. The monoisotopic (exact) mass is 357 g/mol. The van der Waals surface area contributed by atoms with Gasteiger partial charge in [0.15, 0.2) is 11.5 Å². The van der Waals surface area contributed by atoms with Gasteiger partial charge in [0.2, 0.25) is 0 Å². The first kappa shape index (κ1) is 17.3. The molecule has 1 aliphatic carbocycles. The van der Waals surface area contributed by atoms with Crippen molar-refractivity contribution in [2.24, 2.45) is 5.92 Å². The molecule has 1 aromatic rings. The standard InChI is InChI=1S/C21H24FNO3/c1-2-3-12-23-18(13-8-4-6-10-15(13)22)17-19(24)14-9-5-7-11-16(14)26-20(17)21(23)25/h4,6,8,10,14,16,18H,2-3,5,7,9,11-12H2,1H3. The summed E-state index contributed by atoms with van der Waals surface area (Å²) in [6.07, 6.45) is 5.12. The van der Waals surface area contributed by atoms with E-state index in [9.17, 15) is 14.0 Å². The lowest BCUT2D eigenvalue weighted by atomic mass is 9.77. The average Bonchev–Trinajstić information content (AvgIpc) is 2.93. The molecule has 5 heteroatoms. The highest BCUT2D eigenvalue weighted by atomic mass is 19.1. The highest BCUT2D eigenvalue weighted by Gasteiger charge is 2.52. The Hall–Kier alpha value is -2.17. The SMILES string of the molecule is CCCCN1C(=O)C2=C(C(=O)C3CCCCC3O2)C1c1ccccc1F. The molecule has 2 aliphatic heterocycles. The molecule has 0 aromatic heterocycles. The van der Waals surface area contributed by atoms with Gasteiger partial charge in [-0.25, -0.2) is 4.39 Å². The molecular weight excluding hydrogens is 333 g/mol. The lowest BCUT2D eigenvalue weighted by molar-refractivity contribution is -0.135. The van der Waals surface area contributed by atoms with Crippen LogP contribution in [0.1, 0.15) is 57.1 Å². The van der Waals surface area contributed by atoms with Gasteiger partial charge in [-0.05, 0) is 31.7 Å². The Bertz CT molecular complexity index is 772. The molecule has 0 N–H and O–H groups in total. The Labute approximate surface area is 153 Å². The number of Topliss-reactive ketones (excluding diaryl/α,β-unsaturated/α-hetero) is 1. The third-order valence-corrected chi connectivity index (χ3v) is 5.81. The van der Waals surface area contributed by atoms with Gasteiger partial charge in [-0.15, -0.1) is 0 Å². The van der Waals surface area contributed by atoms with Crippen LogP contribution in [0.15, 0.2) is 35.6 Å². The summed E-state index contributed by atoms with van der Waals surface area (Å²) in [5, 5.41) is 0. The van der Waals surface area contributed by atoms with Crippen LogP contribution in [0.25, 0.3) is 0 Å². The first-order valence-electron chi connectivity index (χ1n) is 9.64. The van der Waals surface area contributed by atoms with Gasteiger partial charge in [0.1, 0.15) is 11.9 Å². The zero-order chi connectivity index (χ0) is 18.3. The topological polar surface area (TPSA) is 46.6 Å². The van der Waals surface area contributed by atoms with Crippen molar-refractivity contribution >= 4 is 11.7 Å². The lowest BCUT2D eigenvalue weighted by Gasteiger charge is -2.35. The van der Waals surface area contributed by atoms with Crippen LogP contribution in [0, 0.1) is 11.7 Å². The Morgan fingerprint density at radius 3 is 2.73 bits per heavy atom. The Kier molecular flexibility index (Phi) is 4.55. The van der Waals surface area contributed by atoms with Gasteiger partial charge in [0.05, 0.1) is 17.5 Å². The molecule has 1 saturated carbocycles. The fourth-order valence-corrected chi connectivity index (χ4v) is 4.47. The summed E-state index contributed by atoms with van der Waals surface area (Å²) in [6, 6.07) is 5.76. The van der Waals surface area contributed by atoms with E-state index >= 15 is 0 Å². The highest BCUT2D eigenvalue weighted by Crippen LogP contribution is 2.47. The number of carbonyl (C=O) groups is 2. The maximum absolute atomic E-state index is 14.6. The first-order chi connectivity index (χ1) is 12.6. The fraction of sp³-hybridized carbons (Fsp3) is 0.524. The number of benzene rings is 1. The number of hydrogen-bond acceptors (Lipinski definition) is 3. The molecule has 0 saturated heterocycles. The molecule has 1 amide bonds. The van der Waals surface area contributed by atoms with Crippen molar-refractivity contribution in [3.8, 4) is 0 Å². The molecule has 1 fully saturated rings. The smallest absolute Gasteiger partial charge is 0.290 e. The molecule has 2 heterocycles. The summed E-state index contributed by atoms with van der Waals surface area (Å²) < 4.78 is 20.6. The second-order valence-corrected chi connectivity index (χ2v) is 7.43. The Balaban J connectivity index is 1.79. The average molecular weight is 357 g/mol. The van der Waals surface area contributed by atoms with Gasteiger partial charge >= 0.3 is 0 Å². The number of fused-ring (bicyclic) bond motifs is 1. The van der Waals surface area contributed by atoms with E-state index in [0.717, 1.165) is 38.5 Å². The first-order valence-corrected chi connectivity index (χ1v) is 9.64. The third-order valence-electron chi connectivity index (χ3n) is 5.81. The van der Waals surface area contributed by atoms with Gasteiger partial charge in [-0.1, -0.05) is 38.0 Å². The number of rotatable bonds is 4. The number of halogens is 1. The molecule has 4 nitrogen and oxygen atoms in total. The largest absolute Gasteiger partial charge is 0.483 e. The number of nitrogens with zero attached hydrogens (tertiary/aromatic N) is 1. The maximum Gasteiger partial charge on any atom is 0.290 e. The van der Waals surface area contributed by atoms with Crippen molar-refractivity contribution in [1.82, 2.24) is 4.90 Å². The van der Waals surface area contributed by atoms with Gasteiger partial charge in [-0.3, -0.25) is 9.59 Å². The van der Waals surface area contributed by atoms with Crippen molar-refractivity contribution in [2.75, 3.05) is 6.54 Å². The van der Waals surface area contributed by atoms with E-state index in [0.29, 0.717) is 17.7 Å². The second kappa shape index (κ2) is 6.86. The predicted octanol–water partition coefficient (Wildman–Crippen LogP) is 3.92. The van der Waals surface area contributed by atoms with Gasteiger partial charge in [-0.2, -0.15) is 0 Å². The summed E-state index contributed by atoms with van der Waals surface area (Å²) in [7, 11) is 0. The zero-order valence-electron chi connectivity index (χ0n) is 15.0. The quantitative estimate of drug-likeness (QED) is 0.820. The number of unbranched alkanes of at least 4 members (excludes halogenated alkanes) is 1. The number of carbonyl (C=O) groups excluding carboxylic acids is 2. The summed E-state index contributed by atoms with van der Waals surface area (Å²) in [5.41, 5.74) is 0.757. The van der Waals surface area contributed by atoms with Crippen molar-refractivity contribution < 1.29 is 18.7 Å². The van der Waals surface area contributed by atoms with Crippen LogP contribution in [0.5, 0.6) is 0 Å². The van der Waals surface area contributed by atoms with Crippen LogP contribution in [-0.4, -0.2) is 29.2 Å². The van der Waals surface area contributed by atoms with Crippen LogP contribution in [0.2, 0.25) is 0 Å². The number of ketones is 1. The van der Waals surface area contributed by atoms with Crippen molar-refractivity contribution in [3.05, 3.63) is 47.0 Å². The van der Waals surface area contributed by atoms with Crippen molar-refractivity contribution in [2.45, 2.75) is 57.6 Å². The Morgan fingerprint density at radius 2 is 1.96 bits per heavy atom. The predicted molar refractivity (Wildman–Crippen MR) is 94.6 cm³/mol. The molecule has 3 unspecified atom stereocenters.